The normalized spacial score (nSPS) is 11.5. The molecule has 0 heterocycles. The Morgan fingerprint density at radius 1 is 0.767 bits per heavy atom. The first-order chi connectivity index (χ1) is 14.1. The van der Waals surface area contributed by atoms with Crippen molar-refractivity contribution in [3.05, 3.63) is 94.3 Å². The molecule has 3 rings (SSSR count). The first kappa shape index (κ1) is 21.5. The van der Waals surface area contributed by atoms with Crippen LogP contribution in [-0.4, -0.2) is 0 Å². The van der Waals surface area contributed by atoms with Gasteiger partial charge in [-0.1, -0.05) is 18.2 Å². The zero-order valence-corrected chi connectivity index (χ0v) is 15.3. The van der Waals surface area contributed by atoms with Crippen LogP contribution in [0, 0.1) is 36.0 Å². The number of alkyl halides is 2. The minimum Gasteiger partial charge on any atom is -0.486 e. The Labute approximate surface area is 166 Å². The van der Waals surface area contributed by atoms with E-state index in [1.165, 1.54) is 31.2 Å². The summed E-state index contributed by atoms with van der Waals surface area (Å²) in [6.07, 6.45) is -3.98. The highest BCUT2D eigenvalue weighted by Crippen LogP contribution is 2.33. The average molecular weight is 430 g/mol. The second-order valence-corrected chi connectivity index (χ2v) is 6.31. The number of halogens is 7. The van der Waals surface area contributed by atoms with E-state index in [0.29, 0.717) is 17.7 Å². The topological polar surface area (TPSA) is 18.5 Å². The zero-order chi connectivity index (χ0) is 22.1. The van der Waals surface area contributed by atoms with Gasteiger partial charge >= 0.3 is 6.11 Å². The zero-order valence-electron chi connectivity index (χ0n) is 15.3. The molecule has 0 N–H and O–H groups in total. The summed E-state index contributed by atoms with van der Waals surface area (Å²) < 4.78 is 105. The SMILES string of the molecule is Cc1ccc(OCc2ccc(C(F)(F)Oc3cc(F)c(F)c(F)c3)cc2)c(F)c1F. The summed E-state index contributed by atoms with van der Waals surface area (Å²) in [6, 6.07) is 7.53. The summed E-state index contributed by atoms with van der Waals surface area (Å²) in [5.74, 6) is -8.60. The van der Waals surface area contributed by atoms with Crippen molar-refractivity contribution < 1.29 is 40.2 Å². The van der Waals surface area contributed by atoms with Crippen LogP contribution < -0.4 is 9.47 Å². The van der Waals surface area contributed by atoms with Crippen LogP contribution in [-0.2, 0) is 12.7 Å². The van der Waals surface area contributed by atoms with E-state index in [0.717, 1.165) is 12.1 Å². The molecule has 0 bridgehead atoms. The molecular weight excluding hydrogens is 417 g/mol. The molecule has 30 heavy (non-hydrogen) atoms. The summed E-state index contributed by atoms with van der Waals surface area (Å²) >= 11 is 0. The van der Waals surface area contributed by atoms with Crippen LogP contribution in [0.5, 0.6) is 11.5 Å². The third-order valence-electron chi connectivity index (χ3n) is 4.13. The lowest BCUT2D eigenvalue weighted by molar-refractivity contribution is -0.185. The number of aryl methyl sites for hydroxylation is 1. The Kier molecular flexibility index (Phi) is 5.91. The van der Waals surface area contributed by atoms with Crippen molar-refractivity contribution in [1.82, 2.24) is 0 Å². The molecule has 0 spiro atoms. The maximum absolute atomic E-state index is 14.2. The van der Waals surface area contributed by atoms with Gasteiger partial charge in [0.1, 0.15) is 12.4 Å². The van der Waals surface area contributed by atoms with Gasteiger partial charge in [0.05, 0.1) is 5.56 Å². The second kappa shape index (κ2) is 8.25. The molecule has 3 aromatic carbocycles. The van der Waals surface area contributed by atoms with Crippen molar-refractivity contribution in [3.8, 4) is 11.5 Å². The van der Waals surface area contributed by atoms with E-state index in [2.05, 4.69) is 4.74 Å². The summed E-state index contributed by atoms with van der Waals surface area (Å²) in [7, 11) is 0. The Balaban J connectivity index is 1.71. The van der Waals surface area contributed by atoms with Crippen molar-refractivity contribution in [2.45, 2.75) is 19.6 Å². The van der Waals surface area contributed by atoms with Crippen LogP contribution in [0.1, 0.15) is 16.7 Å². The highest BCUT2D eigenvalue weighted by atomic mass is 19.3. The Hall–Kier alpha value is -3.23. The summed E-state index contributed by atoms with van der Waals surface area (Å²) in [5.41, 5.74) is -0.204. The monoisotopic (exact) mass is 430 g/mol. The molecule has 158 valence electrons. The fourth-order valence-corrected chi connectivity index (χ4v) is 2.49. The molecule has 0 fully saturated rings. The van der Waals surface area contributed by atoms with Gasteiger partial charge in [0, 0.05) is 12.1 Å². The number of benzene rings is 3. The molecule has 0 aliphatic carbocycles. The lowest BCUT2D eigenvalue weighted by Gasteiger charge is -2.19. The molecule has 3 aromatic rings. The van der Waals surface area contributed by atoms with Crippen LogP contribution in [0.2, 0.25) is 0 Å². The summed E-state index contributed by atoms with van der Waals surface area (Å²) in [4.78, 5) is 0. The smallest absolute Gasteiger partial charge is 0.426 e. The molecular formula is C21H13F7O2. The minimum absolute atomic E-state index is 0.104. The summed E-state index contributed by atoms with van der Waals surface area (Å²) in [5, 5.41) is 0. The number of hydrogen-bond donors (Lipinski definition) is 0. The third kappa shape index (κ3) is 4.50. The van der Waals surface area contributed by atoms with E-state index in [-0.39, 0.29) is 17.9 Å². The fourth-order valence-electron chi connectivity index (χ4n) is 2.49. The molecule has 0 aliphatic rings. The van der Waals surface area contributed by atoms with E-state index in [4.69, 9.17) is 4.74 Å². The van der Waals surface area contributed by atoms with Crippen molar-refractivity contribution in [2.75, 3.05) is 0 Å². The highest BCUT2D eigenvalue weighted by molar-refractivity contribution is 5.32. The van der Waals surface area contributed by atoms with Gasteiger partial charge in [-0.05, 0) is 36.2 Å². The second-order valence-electron chi connectivity index (χ2n) is 6.31. The van der Waals surface area contributed by atoms with Crippen molar-refractivity contribution in [1.29, 1.82) is 0 Å². The quantitative estimate of drug-likeness (QED) is 0.333. The number of ether oxygens (including phenoxy) is 2. The van der Waals surface area contributed by atoms with Crippen LogP contribution >= 0.6 is 0 Å². The molecule has 0 saturated carbocycles. The molecule has 9 heteroatoms. The molecule has 0 aliphatic heterocycles. The average Bonchev–Trinajstić information content (AvgIpc) is 2.70. The predicted molar refractivity (Wildman–Crippen MR) is 92.7 cm³/mol. The first-order valence-corrected chi connectivity index (χ1v) is 8.46. The van der Waals surface area contributed by atoms with Crippen molar-refractivity contribution in [3.63, 3.8) is 0 Å². The maximum Gasteiger partial charge on any atom is 0.426 e. The largest absolute Gasteiger partial charge is 0.486 e. The standard InChI is InChI=1S/C21H13F7O2/c1-11-2-7-17(20(26)18(11)24)29-10-12-3-5-13(6-4-12)21(27,28)30-14-8-15(22)19(25)16(23)9-14/h2-9H,10H2,1H3. The van der Waals surface area contributed by atoms with E-state index in [1.807, 2.05) is 0 Å². The van der Waals surface area contributed by atoms with Crippen molar-refractivity contribution >= 4 is 0 Å². The summed E-state index contributed by atoms with van der Waals surface area (Å²) in [6.45, 7) is 1.15. The van der Waals surface area contributed by atoms with Crippen molar-refractivity contribution in [2.24, 2.45) is 0 Å². The molecule has 0 radical (unpaired) electrons. The lowest BCUT2D eigenvalue weighted by atomic mass is 10.1. The van der Waals surface area contributed by atoms with Gasteiger partial charge < -0.3 is 9.47 Å². The first-order valence-electron chi connectivity index (χ1n) is 8.46. The molecule has 2 nitrogen and oxygen atoms in total. The van der Waals surface area contributed by atoms with Gasteiger partial charge in [0.15, 0.2) is 29.0 Å². The van der Waals surface area contributed by atoms with Gasteiger partial charge in [0.25, 0.3) is 0 Å². The number of hydrogen-bond acceptors (Lipinski definition) is 2. The van der Waals surface area contributed by atoms with E-state index >= 15 is 0 Å². The molecule has 0 unspecified atom stereocenters. The van der Waals surface area contributed by atoms with Gasteiger partial charge in [-0.2, -0.15) is 13.2 Å². The minimum atomic E-state index is -3.98. The van der Waals surface area contributed by atoms with Gasteiger partial charge in [-0.15, -0.1) is 0 Å². The molecule has 0 amide bonds. The fraction of sp³-hybridized carbons (Fsp3) is 0.143. The predicted octanol–water partition coefficient (Wildman–Crippen LogP) is 6.40. The van der Waals surface area contributed by atoms with E-state index in [1.54, 1.807) is 0 Å². The maximum atomic E-state index is 14.2. The molecule has 0 aromatic heterocycles. The highest BCUT2D eigenvalue weighted by Gasteiger charge is 2.35. The molecule has 0 atom stereocenters. The molecule has 0 saturated heterocycles. The lowest BCUT2D eigenvalue weighted by Crippen LogP contribution is -2.22. The Morgan fingerprint density at radius 2 is 1.37 bits per heavy atom. The Morgan fingerprint density at radius 3 is 1.97 bits per heavy atom. The van der Waals surface area contributed by atoms with Crippen LogP contribution in [0.25, 0.3) is 0 Å². The van der Waals surface area contributed by atoms with E-state index < -0.39 is 46.5 Å². The van der Waals surface area contributed by atoms with Gasteiger partial charge in [0.2, 0.25) is 5.82 Å². The Bertz CT molecular complexity index is 1040. The van der Waals surface area contributed by atoms with Gasteiger partial charge in [-0.25, -0.2) is 17.6 Å². The van der Waals surface area contributed by atoms with Gasteiger partial charge in [-0.3, -0.25) is 0 Å². The third-order valence-corrected chi connectivity index (χ3v) is 4.13. The number of rotatable bonds is 6. The van der Waals surface area contributed by atoms with Crippen LogP contribution in [0.3, 0.4) is 0 Å². The van der Waals surface area contributed by atoms with Crippen LogP contribution in [0.4, 0.5) is 30.7 Å². The van der Waals surface area contributed by atoms with Crippen LogP contribution in [0.15, 0.2) is 48.5 Å². The van der Waals surface area contributed by atoms with E-state index in [9.17, 15) is 30.7 Å².